The van der Waals surface area contributed by atoms with Gasteiger partial charge in [0.2, 0.25) is 0 Å². The first-order valence-electron chi connectivity index (χ1n) is 3.36. The van der Waals surface area contributed by atoms with E-state index in [2.05, 4.69) is 0 Å². The summed E-state index contributed by atoms with van der Waals surface area (Å²) < 4.78 is 22.9. The molecule has 1 rings (SSSR count). The van der Waals surface area contributed by atoms with Gasteiger partial charge in [-0.05, 0) is 0 Å². The van der Waals surface area contributed by atoms with Crippen molar-refractivity contribution in [2.75, 3.05) is 0 Å². The van der Waals surface area contributed by atoms with Crippen molar-refractivity contribution in [1.82, 2.24) is 0 Å². The van der Waals surface area contributed by atoms with Gasteiger partial charge in [0.1, 0.15) is 0 Å². The molecule has 2 N–H and O–H groups in total. The van der Waals surface area contributed by atoms with Crippen LogP contribution in [0, 0.1) is 6.92 Å². The summed E-state index contributed by atoms with van der Waals surface area (Å²) in [6, 6.07) is 5.00. The number of rotatable bonds is 1. The van der Waals surface area contributed by atoms with E-state index in [1.54, 1.807) is 18.2 Å². The fraction of sp³-hybridized carbons (Fsp3) is 0.143. The zero-order valence-corrected chi connectivity index (χ0v) is 13.1. The van der Waals surface area contributed by atoms with Crippen molar-refractivity contribution in [2.45, 2.75) is 11.8 Å². The summed E-state index contributed by atoms with van der Waals surface area (Å²) in [4.78, 5) is 0.220. The van der Waals surface area contributed by atoms with Gasteiger partial charge in [0, 0.05) is 0 Å². The monoisotopic (exact) mass is 372 g/mol. The van der Waals surface area contributed by atoms with Crippen molar-refractivity contribution in [3.05, 3.63) is 23.8 Å². The molecule has 0 aliphatic heterocycles. The van der Waals surface area contributed by atoms with Gasteiger partial charge in [-0.2, -0.15) is 0 Å². The van der Waals surface area contributed by atoms with Gasteiger partial charge in [-0.25, -0.2) is 0 Å². The summed E-state index contributed by atoms with van der Waals surface area (Å²) in [7, 11) is -3.51. The normalized spacial score (nSPS) is 11.7. The Hall–Kier alpha value is 0.0651. The Kier molecular flexibility index (Phi) is 2.90. The Morgan fingerprint density at radius 3 is 2.42 bits per heavy atom. The fourth-order valence-corrected chi connectivity index (χ4v) is 3.28. The van der Waals surface area contributed by atoms with Gasteiger partial charge in [-0.15, -0.1) is 0 Å². The van der Waals surface area contributed by atoms with Crippen molar-refractivity contribution >= 4 is 13.1 Å². The molecule has 0 heterocycles. The van der Waals surface area contributed by atoms with Crippen LogP contribution in [0.1, 0.15) is 5.56 Å². The van der Waals surface area contributed by atoms with E-state index in [4.69, 9.17) is 5.14 Å². The van der Waals surface area contributed by atoms with Gasteiger partial charge in [0.15, 0.2) is 0 Å². The average Bonchev–Trinajstić information content (AvgIpc) is 1.92. The predicted octanol–water partition coefficient (Wildman–Crippen LogP) is -0.185. The van der Waals surface area contributed by atoms with Crippen molar-refractivity contribution in [3.63, 3.8) is 0 Å². The minimum atomic E-state index is -3.51. The number of primary sulfonamides is 1. The molecule has 0 aliphatic rings. The van der Waals surface area contributed by atoms with Gasteiger partial charge in [0.25, 0.3) is 0 Å². The number of nitrogens with two attached hydrogens (primary N) is 1. The van der Waals surface area contributed by atoms with Crippen LogP contribution in [0.3, 0.4) is 0 Å². The maximum atomic E-state index is 10.9. The van der Waals surface area contributed by atoms with Crippen LogP contribution in [-0.4, -0.2) is 8.42 Å². The second-order valence-electron chi connectivity index (χ2n) is 2.63. The van der Waals surface area contributed by atoms with Crippen molar-refractivity contribution in [3.8, 4) is 0 Å². The topological polar surface area (TPSA) is 60.2 Å². The molecule has 0 atom stereocenters. The fourth-order valence-electron chi connectivity index (χ4n) is 0.825. The Morgan fingerprint density at radius 2 is 2.00 bits per heavy atom. The number of hydrogen-bond donors (Lipinski definition) is 1. The molecular weight excluding hydrogens is 363 g/mol. The first kappa shape index (κ1) is 10.1. The third kappa shape index (κ3) is 2.28. The van der Waals surface area contributed by atoms with Crippen LogP contribution in [0.25, 0.3) is 0 Å². The van der Waals surface area contributed by atoms with E-state index in [1.165, 1.54) is 0 Å². The number of sulfonamides is 1. The molecule has 0 aliphatic carbocycles. The molecule has 0 spiro atoms. The van der Waals surface area contributed by atoms with E-state index < -0.39 is 10.0 Å². The molecule has 0 saturated carbocycles. The standard InChI is InChI=1S/C7H8NO2S.Hg/c1-6-2-4-7(5-3-6)11(8,9)10;/h2,4-5H,1H3,(H2,8,9,10);. The Balaban J connectivity index is 3.33. The number of aryl methyl sites for hydroxylation is 1. The molecule has 61 valence electrons. The molecule has 0 radical (unpaired) electrons. The quantitative estimate of drug-likeness (QED) is 0.697. The van der Waals surface area contributed by atoms with Crippen LogP contribution in [0.15, 0.2) is 23.1 Å². The number of benzene rings is 1. The summed E-state index contributed by atoms with van der Waals surface area (Å²) in [5.41, 5.74) is 1.14. The first-order chi connectivity index (χ1) is 5.41. The van der Waals surface area contributed by atoms with E-state index in [9.17, 15) is 8.42 Å². The van der Waals surface area contributed by atoms with E-state index in [0.717, 1.165) is 8.64 Å². The van der Waals surface area contributed by atoms with Gasteiger partial charge >= 0.3 is 88.4 Å². The summed E-state index contributed by atoms with van der Waals surface area (Å²) >= 11 is 0.433. The molecule has 0 unspecified atom stereocenters. The van der Waals surface area contributed by atoms with Crippen LogP contribution in [0.2, 0.25) is 0 Å². The van der Waals surface area contributed by atoms with Crippen molar-refractivity contribution < 1.29 is 34.5 Å². The van der Waals surface area contributed by atoms with Crippen molar-refractivity contribution in [2.24, 2.45) is 5.14 Å². The van der Waals surface area contributed by atoms with Crippen LogP contribution in [-0.2, 0) is 36.1 Å². The molecule has 12 heavy (non-hydrogen) atoms. The van der Waals surface area contributed by atoms with Crippen LogP contribution in [0.5, 0.6) is 0 Å². The zero-order chi connectivity index (χ0) is 9.35. The molecule has 5 heteroatoms. The van der Waals surface area contributed by atoms with Gasteiger partial charge < -0.3 is 0 Å². The van der Waals surface area contributed by atoms with Gasteiger partial charge in [-0.3, -0.25) is 0 Å². The second-order valence-corrected chi connectivity index (χ2v) is 7.16. The molecule has 0 aromatic heterocycles. The summed E-state index contributed by atoms with van der Waals surface area (Å²) in [6.45, 7) is 1.97. The summed E-state index contributed by atoms with van der Waals surface area (Å²) in [6.07, 6.45) is 0. The van der Waals surface area contributed by atoms with Crippen LogP contribution >= 0.6 is 0 Å². The average molecular weight is 371 g/mol. The molecule has 1 aromatic carbocycles. The molecule has 3 nitrogen and oxygen atoms in total. The molecule has 0 saturated heterocycles. The van der Waals surface area contributed by atoms with Crippen molar-refractivity contribution in [1.29, 1.82) is 0 Å². The van der Waals surface area contributed by atoms with Gasteiger partial charge in [0.05, 0.1) is 0 Å². The third-order valence-corrected chi connectivity index (χ3v) is 5.52. The molecular formula is C7H8HgNO2S. The SMILES string of the molecule is Cc1ccc(S(N)(=O)=O)c[c]1[Hg]. The van der Waals surface area contributed by atoms with E-state index in [-0.39, 0.29) is 4.90 Å². The van der Waals surface area contributed by atoms with E-state index in [0.29, 0.717) is 26.1 Å². The Bertz CT molecular complexity index is 400. The van der Waals surface area contributed by atoms with Gasteiger partial charge in [-0.1, -0.05) is 0 Å². The summed E-state index contributed by atoms with van der Waals surface area (Å²) in [5.74, 6) is 0. The summed E-state index contributed by atoms with van der Waals surface area (Å²) in [5, 5.41) is 4.97. The Labute approximate surface area is 88.0 Å². The van der Waals surface area contributed by atoms with E-state index >= 15 is 0 Å². The second kappa shape index (κ2) is 3.43. The third-order valence-electron chi connectivity index (χ3n) is 1.65. The Morgan fingerprint density at radius 1 is 1.42 bits per heavy atom. The molecule has 0 fully saturated rings. The minimum absolute atomic E-state index is 0.220. The molecule has 0 bridgehead atoms. The predicted molar refractivity (Wildman–Crippen MR) is 42.2 cm³/mol. The van der Waals surface area contributed by atoms with Crippen LogP contribution in [0.4, 0.5) is 0 Å². The van der Waals surface area contributed by atoms with E-state index in [1.807, 2.05) is 6.92 Å². The number of hydrogen-bond acceptors (Lipinski definition) is 2. The maximum absolute atomic E-state index is 10.9. The first-order valence-corrected chi connectivity index (χ1v) is 7.66. The van der Waals surface area contributed by atoms with Crippen LogP contribution < -0.4 is 8.21 Å². The molecule has 0 amide bonds. The molecule has 1 aromatic rings. The zero-order valence-electron chi connectivity index (χ0n) is 6.74.